The van der Waals surface area contributed by atoms with Gasteiger partial charge in [0.1, 0.15) is 19.1 Å². The predicted molar refractivity (Wildman–Crippen MR) is 76.9 cm³/mol. The highest BCUT2D eigenvalue weighted by atomic mass is 19.1. The second-order valence-corrected chi connectivity index (χ2v) is 4.70. The van der Waals surface area contributed by atoms with Crippen LogP contribution in [0.2, 0.25) is 0 Å². The van der Waals surface area contributed by atoms with Crippen molar-refractivity contribution in [3.8, 4) is 5.75 Å². The minimum atomic E-state index is -0.443. The van der Waals surface area contributed by atoms with Crippen molar-refractivity contribution in [2.24, 2.45) is 0 Å². The summed E-state index contributed by atoms with van der Waals surface area (Å²) < 4.78 is 30.0. The first-order chi connectivity index (χ1) is 9.78. The molecule has 0 unspecified atom stereocenters. The fourth-order valence-electron chi connectivity index (χ4n) is 2.34. The number of rotatable bonds is 8. The average molecular weight is 282 g/mol. The molecule has 0 aliphatic heterocycles. The SMILES string of the molecule is COc1ccc2[nH]cc(CCN(CCF)CCF)c2c1. The van der Waals surface area contributed by atoms with Crippen LogP contribution in [0.4, 0.5) is 8.78 Å². The molecule has 0 radical (unpaired) electrons. The molecule has 0 aliphatic rings. The number of hydrogen-bond acceptors (Lipinski definition) is 2. The van der Waals surface area contributed by atoms with Crippen molar-refractivity contribution in [3.63, 3.8) is 0 Å². The summed E-state index contributed by atoms with van der Waals surface area (Å²) in [6.07, 6.45) is 2.71. The first-order valence-corrected chi connectivity index (χ1v) is 6.76. The van der Waals surface area contributed by atoms with E-state index < -0.39 is 13.3 Å². The van der Waals surface area contributed by atoms with Gasteiger partial charge in [-0.2, -0.15) is 0 Å². The number of fused-ring (bicyclic) bond motifs is 1. The van der Waals surface area contributed by atoms with Crippen molar-refractivity contribution in [1.82, 2.24) is 9.88 Å². The van der Waals surface area contributed by atoms with E-state index in [-0.39, 0.29) is 13.1 Å². The maximum atomic E-state index is 12.4. The second-order valence-electron chi connectivity index (χ2n) is 4.70. The molecule has 1 heterocycles. The largest absolute Gasteiger partial charge is 0.497 e. The third kappa shape index (κ3) is 3.48. The van der Waals surface area contributed by atoms with Crippen LogP contribution >= 0.6 is 0 Å². The second kappa shape index (κ2) is 7.24. The lowest BCUT2D eigenvalue weighted by atomic mass is 10.1. The number of halogens is 2. The summed E-state index contributed by atoms with van der Waals surface area (Å²) in [5.41, 5.74) is 2.19. The fourth-order valence-corrected chi connectivity index (χ4v) is 2.34. The molecule has 0 atom stereocenters. The van der Waals surface area contributed by atoms with Gasteiger partial charge < -0.3 is 9.72 Å². The molecule has 2 aromatic rings. The van der Waals surface area contributed by atoms with Crippen LogP contribution in [0.1, 0.15) is 5.56 Å². The third-order valence-electron chi connectivity index (χ3n) is 3.47. The molecule has 0 bridgehead atoms. The van der Waals surface area contributed by atoms with Crippen LogP contribution in [0.3, 0.4) is 0 Å². The van der Waals surface area contributed by atoms with E-state index in [2.05, 4.69) is 4.98 Å². The number of ether oxygens (including phenoxy) is 1. The summed E-state index contributed by atoms with van der Waals surface area (Å²) in [5.74, 6) is 0.808. The van der Waals surface area contributed by atoms with Crippen LogP contribution in [-0.2, 0) is 6.42 Å². The number of alkyl halides is 2. The minimum absolute atomic E-state index is 0.287. The molecule has 5 heteroatoms. The summed E-state index contributed by atoms with van der Waals surface area (Å²) in [7, 11) is 1.64. The summed E-state index contributed by atoms with van der Waals surface area (Å²) in [6.45, 7) is 0.340. The lowest BCUT2D eigenvalue weighted by Gasteiger charge is -2.18. The van der Waals surface area contributed by atoms with Gasteiger partial charge in [-0.05, 0) is 30.2 Å². The molecule has 0 saturated heterocycles. The highest BCUT2D eigenvalue weighted by Crippen LogP contribution is 2.24. The van der Waals surface area contributed by atoms with E-state index in [1.54, 1.807) is 12.0 Å². The number of H-pyrrole nitrogens is 1. The Labute approximate surface area is 117 Å². The molecule has 0 aliphatic carbocycles. The predicted octanol–water partition coefficient (Wildman–Crippen LogP) is 2.96. The van der Waals surface area contributed by atoms with Crippen molar-refractivity contribution in [2.45, 2.75) is 6.42 Å². The zero-order chi connectivity index (χ0) is 14.4. The Morgan fingerprint density at radius 2 is 1.90 bits per heavy atom. The molecular formula is C15H20F2N2O. The van der Waals surface area contributed by atoms with E-state index in [0.29, 0.717) is 6.54 Å². The van der Waals surface area contributed by atoms with E-state index in [4.69, 9.17) is 4.74 Å². The molecule has 1 aromatic carbocycles. The molecule has 2 rings (SSSR count). The quantitative estimate of drug-likeness (QED) is 0.806. The Bertz CT molecular complexity index is 536. The number of aromatic nitrogens is 1. The van der Waals surface area contributed by atoms with E-state index in [0.717, 1.165) is 28.6 Å². The average Bonchev–Trinajstić information content (AvgIpc) is 2.87. The topological polar surface area (TPSA) is 28.3 Å². The maximum absolute atomic E-state index is 12.4. The van der Waals surface area contributed by atoms with Gasteiger partial charge >= 0.3 is 0 Å². The summed E-state index contributed by atoms with van der Waals surface area (Å²) in [4.78, 5) is 5.01. The Kier molecular flexibility index (Phi) is 5.35. The minimum Gasteiger partial charge on any atom is -0.497 e. The smallest absolute Gasteiger partial charge is 0.119 e. The Balaban J connectivity index is 2.08. The first-order valence-electron chi connectivity index (χ1n) is 6.76. The van der Waals surface area contributed by atoms with Gasteiger partial charge in [0.25, 0.3) is 0 Å². The van der Waals surface area contributed by atoms with Crippen molar-refractivity contribution in [3.05, 3.63) is 30.0 Å². The van der Waals surface area contributed by atoms with E-state index in [1.807, 2.05) is 24.4 Å². The van der Waals surface area contributed by atoms with Crippen molar-refractivity contribution in [1.29, 1.82) is 0 Å². The number of hydrogen-bond donors (Lipinski definition) is 1. The zero-order valence-corrected chi connectivity index (χ0v) is 11.7. The van der Waals surface area contributed by atoms with Gasteiger partial charge in [0.15, 0.2) is 0 Å². The Hall–Kier alpha value is -1.62. The summed E-state index contributed by atoms with van der Waals surface area (Å²) >= 11 is 0. The van der Waals surface area contributed by atoms with E-state index in [1.165, 1.54) is 0 Å². The Morgan fingerprint density at radius 3 is 2.55 bits per heavy atom. The number of methoxy groups -OCH3 is 1. The molecule has 0 fully saturated rings. The van der Waals surface area contributed by atoms with Crippen LogP contribution < -0.4 is 4.74 Å². The van der Waals surface area contributed by atoms with E-state index >= 15 is 0 Å². The molecule has 1 N–H and O–H groups in total. The lowest BCUT2D eigenvalue weighted by Crippen LogP contribution is -2.30. The van der Waals surface area contributed by atoms with Crippen LogP contribution in [0.5, 0.6) is 5.75 Å². The number of aromatic amines is 1. The summed E-state index contributed by atoms with van der Waals surface area (Å²) in [5, 5.41) is 1.10. The van der Waals surface area contributed by atoms with Gasteiger partial charge in [-0.3, -0.25) is 4.90 Å². The normalized spacial score (nSPS) is 11.4. The first kappa shape index (κ1) is 14.8. The molecule has 0 spiro atoms. The van der Waals surface area contributed by atoms with Gasteiger partial charge in [-0.25, -0.2) is 8.78 Å². The fraction of sp³-hybridized carbons (Fsp3) is 0.467. The summed E-state index contributed by atoms with van der Waals surface area (Å²) in [6, 6.07) is 5.86. The number of benzene rings is 1. The maximum Gasteiger partial charge on any atom is 0.119 e. The standard InChI is InChI=1S/C15H20F2N2O/c1-20-13-2-3-15-14(10-13)12(11-18-15)4-7-19(8-5-16)9-6-17/h2-3,10-11,18H,4-9H2,1H3. The van der Waals surface area contributed by atoms with E-state index in [9.17, 15) is 8.78 Å². The lowest BCUT2D eigenvalue weighted by molar-refractivity contribution is 0.230. The molecule has 1 aromatic heterocycles. The van der Waals surface area contributed by atoms with Crippen molar-refractivity contribution in [2.75, 3.05) is 40.1 Å². The highest BCUT2D eigenvalue weighted by Gasteiger charge is 2.09. The van der Waals surface area contributed by atoms with Crippen LogP contribution in [0.25, 0.3) is 10.9 Å². The van der Waals surface area contributed by atoms with Crippen LogP contribution in [0, 0.1) is 0 Å². The van der Waals surface area contributed by atoms with Gasteiger partial charge in [0, 0.05) is 36.7 Å². The molecular weight excluding hydrogens is 262 g/mol. The molecule has 0 amide bonds. The Morgan fingerprint density at radius 1 is 1.15 bits per heavy atom. The number of nitrogens with zero attached hydrogens (tertiary/aromatic N) is 1. The van der Waals surface area contributed by atoms with Crippen LogP contribution in [0.15, 0.2) is 24.4 Å². The molecule has 110 valence electrons. The monoisotopic (exact) mass is 282 g/mol. The van der Waals surface area contributed by atoms with Gasteiger partial charge in [0.05, 0.1) is 7.11 Å². The van der Waals surface area contributed by atoms with Gasteiger partial charge in [-0.15, -0.1) is 0 Å². The molecule has 0 saturated carbocycles. The number of nitrogens with one attached hydrogen (secondary N) is 1. The highest BCUT2D eigenvalue weighted by molar-refractivity contribution is 5.84. The van der Waals surface area contributed by atoms with Crippen LogP contribution in [-0.4, -0.2) is 50.0 Å². The van der Waals surface area contributed by atoms with Crippen molar-refractivity contribution < 1.29 is 13.5 Å². The molecule has 20 heavy (non-hydrogen) atoms. The van der Waals surface area contributed by atoms with Crippen molar-refractivity contribution >= 4 is 10.9 Å². The zero-order valence-electron chi connectivity index (χ0n) is 11.7. The molecule has 3 nitrogen and oxygen atoms in total. The van der Waals surface area contributed by atoms with Gasteiger partial charge in [0.2, 0.25) is 0 Å². The van der Waals surface area contributed by atoms with Gasteiger partial charge in [-0.1, -0.05) is 0 Å². The third-order valence-corrected chi connectivity index (χ3v) is 3.47.